The Hall–Kier alpha value is -3.69. The highest BCUT2D eigenvalue weighted by Gasteiger charge is 2.28. The monoisotopic (exact) mass is 440 g/mol. The summed E-state index contributed by atoms with van der Waals surface area (Å²) in [6.45, 7) is 3.62. The van der Waals surface area contributed by atoms with Crippen LogP contribution in [0, 0.1) is 24.2 Å². The second kappa shape index (κ2) is 10.3. The van der Waals surface area contributed by atoms with Gasteiger partial charge in [-0.2, -0.15) is 5.26 Å². The largest absolute Gasteiger partial charge is 0.481 e. The minimum Gasteiger partial charge on any atom is -0.481 e. The number of pyridine rings is 1. The molecular formula is C27H28N4O2. The van der Waals surface area contributed by atoms with Gasteiger partial charge in [-0.25, -0.2) is 0 Å². The highest BCUT2D eigenvalue weighted by atomic mass is 16.4. The van der Waals surface area contributed by atoms with Gasteiger partial charge in [-0.05, 0) is 78.2 Å². The topological polar surface area (TPSA) is 98.0 Å². The number of rotatable bonds is 8. The van der Waals surface area contributed by atoms with Crippen LogP contribution in [0.25, 0.3) is 0 Å². The molecule has 3 N–H and O–H groups in total. The Balaban J connectivity index is 1.51. The Morgan fingerprint density at radius 2 is 2.18 bits per heavy atom. The molecule has 2 aromatic carbocycles. The molecule has 0 fully saturated rings. The van der Waals surface area contributed by atoms with Crippen LogP contribution in [0.5, 0.6) is 0 Å². The van der Waals surface area contributed by atoms with Crippen molar-refractivity contribution in [2.75, 3.05) is 18.4 Å². The second-order valence-electron chi connectivity index (χ2n) is 8.59. The molecule has 1 aliphatic rings. The van der Waals surface area contributed by atoms with E-state index < -0.39 is 5.97 Å². The molecule has 4 rings (SSSR count). The van der Waals surface area contributed by atoms with Crippen LogP contribution in [0.2, 0.25) is 0 Å². The lowest BCUT2D eigenvalue weighted by molar-refractivity contribution is -0.136. The van der Waals surface area contributed by atoms with Gasteiger partial charge in [-0.3, -0.25) is 9.78 Å². The maximum absolute atomic E-state index is 11.1. The number of carbonyl (C=O) groups is 1. The van der Waals surface area contributed by atoms with E-state index in [0.717, 1.165) is 65.0 Å². The number of benzene rings is 2. The van der Waals surface area contributed by atoms with Crippen LogP contribution < -0.4 is 10.6 Å². The summed E-state index contributed by atoms with van der Waals surface area (Å²) < 4.78 is 0. The minimum atomic E-state index is -0.818. The van der Waals surface area contributed by atoms with Crippen molar-refractivity contribution in [2.45, 2.75) is 32.2 Å². The Bertz CT molecular complexity index is 1170. The van der Waals surface area contributed by atoms with Gasteiger partial charge in [0.05, 0.1) is 18.1 Å². The lowest BCUT2D eigenvalue weighted by Gasteiger charge is -2.34. The number of anilines is 1. The number of aliphatic carboxylic acids is 1. The van der Waals surface area contributed by atoms with Gasteiger partial charge in [0, 0.05) is 30.7 Å². The average Bonchev–Trinajstić information content (AvgIpc) is 2.83. The molecule has 6 heteroatoms. The fourth-order valence-corrected chi connectivity index (χ4v) is 4.65. The summed E-state index contributed by atoms with van der Waals surface area (Å²) in [6, 6.07) is 18.2. The fourth-order valence-electron chi connectivity index (χ4n) is 4.65. The highest BCUT2D eigenvalue weighted by molar-refractivity contribution is 5.70. The molecule has 33 heavy (non-hydrogen) atoms. The van der Waals surface area contributed by atoms with Crippen molar-refractivity contribution in [1.29, 1.82) is 5.26 Å². The maximum atomic E-state index is 11.1. The number of hydrogen-bond donors (Lipinski definition) is 3. The van der Waals surface area contributed by atoms with Crippen LogP contribution in [0.3, 0.4) is 0 Å². The third kappa shape index (κ3) is 5.39. The molecular weight excluding hydrogens is 412 g/mol. The van der Waals surface area contributed by atoms with Crippen molar-refractivity contribution in [3.8, 4) is 6.07 Å². The number of carboxylic acids is 1. The summed E-state index contributed by atoms with van der Waals surface area (Å²) in [5, 5.41) is 25.9. The van der Waals surface area contributed by atoms with E-state index in [1.165, 1.54) is 0 Å². The molecule has 0 radical (unpaired) electrons. The van der Waals surface area contributed by atoms with Crippen molar-refractivity contribution in [1.82, 2.24) is 10.3 Å². The van der Waals surface area contributed by atoms with Crippen molar-refractivity contribution in [3.05, 3.63) is 94.3 Å². The first-order chi connectivity index (χ1) is 16.0. The van der Waals surface area contributed by atoms with E-state index in [4.69, 9.17) is 5.11 Å². The van der Waals surface area contributed by atoms with Crippen LogP contribution in [-0.4, -0.2) is 29.1 Å². The van der Waals surface area contributed by atoms with Gasteiger partial charge < -0.3 is 15.7 Å². The van der Waals surface area contributed by atoms with Gasteiger partial charge in [-0.1, -0.05) is 30.3 Å². The Morgan fingerprint density at radius 1 is 1.30 bits per heavy atom. The summed E-state index contributed by atoms with van der Waals surface area (Å²) >= 11 is 0. The third-order valence-electron chi connectivity index (χ3n) is 6.36. The molecule has 6 nitrogen and oxygen atoms in total. The summed E-state index contributed by atoms with van der Waals surface area (Å²) in [6.07, 6.45) is 5.33. The standard InChI is InChI=1S/C27H28N4O2/c1-18-7-8-19(13-26(32)33)12-20(18)9-11-30-27(22-5-3-10-29-16-22)23-14-24-21(15-28)4-2-6-25(24)31-17-23/h2-8,10,12,16,23,27,30-31H,9,11,13-14,17H2,1H3,(H,32,33)/t23-,27-/m1/s1. The average molecular weight is 441 g/mol. The SMILES string of the molecule is Cc1ccc(CC(=O)O)cc1CCN[C@H](c1cccnc1)[C@H]1CNc2cccc(C#N)c2C1. The number of aromatic nitrogens is 1. The summed E-state index contributed by atoms with van der Waals surface area (Å²) in [5.74, 6) is -0.558. The first-order valence-corrected chi connectivity index (χ1v) is 11.2. The molecule has 3 aromatic rings. The summed E-state index contributed by atoms with van der Waals surface area (Å²) in [7, 11) is 0. The van der Waals surface area contributed by atoms with E-state index in [1.54, 1.807) is 6.20 Å². The van der Waals surface area contributed by atoms with Gasteiger partial charge in [0.1, 0.15) is 0 Å². The quantitative estimate of drug-likeness (QED) is 0.489. The Kier molecular flexibility index (Phi) is 7.01. The predicted molar refractivity (Wildman–Crippen MR) is 128 cm³/mol. The molecule has 0 amide bonds. The van der Waals surface area contributed by atoms with Crippen LogP contribution in [0.4, 0.5) is 5.69 Å². The molecule has 0 bridgehead atoms. The zero-order valence-electron chi connectivity index (χ0n) is 18.7. The summed E-state index contributed by atoms with van der Waals surface area (Å²) in [5.41, 5.74) is 7.11. The van der Waals surface area contributed by atoms with Gasteiger partial charge in [0.2, 0.25) is 0 Å². The maximum Gasteiger partial charge on any atom is 0.307 e. The van der Waals surface area contributed by atoms with E-state index in [9.17, 15) is 10.1 Å². The Labute approximate surface area is 194 Å². The zero-order chi connectivity index (χ0) is 23.2. The summed E-state index contributed by atoms with van der Waals surface area (Å²) in [4.78, 5) is 15.4. The second-order valence-corrected chi connectivity index (χ2v) is 8.59. The van der Waals surface area contributed by atoms with E-state index in [0.29, 0.717) is 0 Å². The van der Waals surface area contributed by atoms with Crippen molar-refractivity contribution >= 4 is 11.7 Å². The molecule has 1 aliphatic heterocycles. The first-order valence-electron chi connectivity index (χ1n) is 11.2. The molecule has 2 atom stereocenters. The highest BCUT2D eigenvalue weighted by Crippen LogP contribution is 2.33. The number of carboxylic acid groups (broad SMARTS) is 1. The molecule has 0 spiro atoms. The zero-order valence-corrected chi connectivity index (χ0v) is 18.7. The van der Waals surface area contributed by atoms with E-state index in [1.807, 2.05) is 48.7 Å². The number of nitrogens with one attached hydrogen (secondary N) is 2. The van der Waals surface area contributed by atoms with Crippen molar-refractivity contribution in [2.24, 2.45) is 5.92 Å². The van der Waals surface area contributed by atoms with Gasteiger partial charge in [0.15, 0.2) is 0 Å². The molecule has 0 saturated heterocycles. The number of nitrogens with zero attached hydrogens (tertiary/aromatic N) is 2. The Morgan fingerprint density at radius 3 is 2.94 bits per heavy atom. The molecule has 0 saturated carbocycles. The number of aryl methyl sites for hydroxylation is 1. The molecule has 1 aromatic heterocycles. The van der Waals surface area contributed by atoms with Crippen LogP contribution >= 0.6 is 0 Å². The minimum absolute atomic E-state index is 0.0351. The normalized spacial score (nSPS) is 15.7. The number of fused-ring (bicyclic) bond motifs is 1. The lowest BCUT2D eigenvalue weighted by atomic mass is 9.83. The predicted octanol–water partition coefficient (Wildman–Crippen LogP) is 4.05. The van der Waals surface area contributed by atoms with E-state index in [2.05, 4.69) is 34.7 Å². The van der Waals surface area contributed by atoms with Crippen LogP contribution in [0.15, 0.2) is 60.9 Å². The molecule has 0 unspecified atom stereocenters. The van der Waals surface area contributed by atoms with E-state index >= 15 is 0 Å². The van der Waals surface area contributed by atoms with E-state index in [-0.39, 0.29) is 18.4 Å². The fraction of sp³-hybridized carbons (Fsp3) is 0.296. The van der Waals surface area contributed by atoms with Crippen molar-refractivity contribution in [3.63, 3.8) is 0 Å². The van der Waals surface area contributed by atoms with Gasteiger partial charge >= 0.3 is 5.97 Å². The molecule has 0 aliphatic carbocycles. The first kappa shape index (κ1) is 22.5. The number of hydrogen-bond acceptors (Lipinski definition) is 5. The molecule has 2 heterocycles. The molecule has 168 valence electrons. The smallest absolute Gasteiger partial charge is 0.307 e. The van der Waals surface area contributed by atoms with Crippen molar-refractivity contribution < 1.29 is 9.90 Å². The van der Waals surface area contributed by atoms with Crippen LogP contribution in [-0.2, 0) is 24.1 Å². The van der Waals surface area contributed by atoms with Gasteiger partial charge in [-0.15, -0.1) is 0 Å². The van der Waals surface area contributed by atoms with Gasteiger partial charge in [0.25, 0.3) is 0 Å². The lowest BCUT2D eigenvalue weighted by Crippen LogP contribution is -2.37. The third-order valence-corrected chi connectivity index (χ3v) is 6.36. The van der Waals surface area contributed by atoms with Crippen LogP contribution in [0.1, 0.15) is 39.4 Å². The number of nitriles is 1.